The first-order valence-corrected chi connectivity index (χ1v) is 11.7. The highest BCUT2D eigenvalue weighted by Crippen LogP contribution is 2.22. The molecule has 177 valence electrons. The Morgan fingerprint density at radius 3 is 2.36 bits per heavy atom. The van der Waals surface area contributed by atoms with Crippen LogP contribution < -0.4 is 4.72 Å². The van der Waals surface area contributed by atoms with E-state index in [-0.39, 0.29) is 31.3 Å². The monoisotopic (exact) mass is 475 g/mol. The molecule has 0 saturated carbocycles. The summed E-state index contributed by atoms with van der Waals surface area (Å²) < 4.78 is 44.5. The predicted molar refractivity (Wildman–Crippen MR) is 123 cm³/mol. The van der Waals surface area contributed by atoms with E-state index >= 15 is 0 Å². The zero-order valence-electron chi connectivity index (χ0n) is 18.2. The molecular weight excluding hydrogens is 448 g/mol. The average Bonchev–Trinajstić information content (AvgIpc) is 2.81. The minimum absolute atomic E-state index is 0.0675. The highest BCUT2D eigenvalue weighted by molar-refractivity contribution is 7.96. The van der Waals surface area contributed by atoms with Gasteiger partial charge in [-0.1, -0.05) is 17.2 Å². The number of nitriles is 1. The van der Waals surface area contributed by atoms with Gasteiger partial charge in [-0.15, -0.1) is 0 Å². The second-order valence-electron chi connectivity index (χ2n) is 6.82. The zero-order chi connectivity index (χ0) is 23.9. The van der Waals surface area contributed by atoms with Crippen molar-refractivity contribution in [3.8, 4) is 6.07 Å². The van der Waals surface area contributed by atoms with Gasteiger partial charge in [0.05, 0.1) is 52.3 Å². The summed E-state index contributed by atoms with van der Waals surface area (Å²) in [5.41, 5.74) is 9.80. The Morgan fingerprint density at radius 2 is 1.73 bits per heavy atom. The topological polar surface area (TPSA) is 150 Å². The molecule has 1 radical (unpaired) electrons. The number of azide groups is 1. The number of nitrogens with zero attached hydrogens (tertiary/aromatic N) is 5. The molecule has 1 heterocycles. The van der Waals surface area contributed by atoms with Crippen LogP contribution >= 0.6 is 0 Å². The Kier molecular flexibility index (Phi) is 11.2. The number of nitrogens with one attached hydrogen (secondary N) is 1. The molecule has 0 amide bonds. The Morgan fingerprint density at radius 1 is 1.09 bits per heavy atom. The summed E-state index contributed by atoms with van der Waals surface area (Å²) in [5, 5.41) is 12.6. The van der Waals surface area contributed by atoms with E-state index in [0.717, 1.165) is 5.56 Å². The van der Waals surface area contributed by atoms with Crippen LogP contribution in [0.5, 0.6) is 0 Å². The van der Waals surface area contributed by atoms with Gasteiger partial charge >= 0.3 is 0 Å². The van der Waals surface area contributed by atoms with Crippen molar-refractivity contribution in [1.82, 2.24) is 4.90 Å². The fourth-order valence-corrected chi connectivity index (χ4v) is 4.08. The minimum Gasteiger partial charge on any atom is -0.379 e. The van der Waals surface area contributed by atoms with Crippen molar-refractivity contribution in [2.24, 2.45) is 5.11 Å². The number of benzene rings is 1. The second-order valence-corrected chi connectivity index (χ2v) is 8.45. The van der Waals surface area contributed by atoms with Gasteiger partial charge in [-0.25, -0.2) is 0 Å². The van der Waals surface area contributed by atoms with Crippen LogP contribution in [-0.4, -0.2) is 72.6 Å². The molecule has 0 spiro atoms. The number of ether oxygens (including phenoxy) is 3. The van der Waals surface area contributed by atoms with Crippen LogP contribution in [0, 0.1) is 18.3 Å². The smallest absolute Gasteiger partial charge is 0.277 e. The van der Waals surface area contributed by atoms with Crippen molar-refractivity contribution < 1.29 is 22.6 Å². The Balaban J connectivity index is 1.77. The van der Waals surface area contributed by atoms with Crippen LogP contribution in [0.25, 0.3) is 10.4 Å². The molecule has 12 heteroatoms. The summed E-state index contributed by atoms with van der Waals surface area (Å²) in [6.45, 7) is 6.57. The maximum Gasteiger partial charge on any atom is 0.277 e. The van der Waals surface area contributed by atoms with Crippen LogP contribution in [-0.2, 0) is 24.2 Å². The molecule has 2 rings (SSSR count). The first-order chi connectivity index (χ1) is 16.0. The molecule has 1 aliphatic heterocycles. The Labute approximate surface area is 193 Å². The van der Waals surface area contributed by atoms with E-state index in [9.17, 15) is 13.7 Å². The molecule has 0 atom stereocenters. The van der Waals surface area contributed by atoms with Gasteiger partial charge in [-0.2, -0.15) is 13.7 Å². The molecule has 1 N–H and O–H groups in total. The van der Waals surface area contributed by atoms with Crippen molar-refractivity contribution in [2.75, 3.05) is 64.0 Å². The predicted octanol–water partition coefficient (Wildman–Crippen LogP) is 2.58. The number of allylic oxidation sites excluding steroid dienone is 2. The van der Waals surface area contributed by atoms with E-state index in [4.69, 9.17) is 19.7 Å². The summed E-state index contributed by atoms with van der Waals surface area (Å²) in [5.74, 6) is 0. The van der Waals surface area contributed by atoms with E-state index in [1.807, 2.05) is 0 Å². The van der Waals surface area contributed by atoms with Gasteiger partial charge in [0, 0.05) is 29.3 Å². The van der Waals surface area contributed by atoms with E-state index in [1.165, 1.54) is 12.2 Å². The molecule has 11 nitrogen and oxygen atoms in total. The van der Waals surface area contributed by atoms with Crippen LogP contribution in [0.15, 0.2) is 52.1 Å². The van der Waals surface area contributed by atoms with Gasteiger partial charge in [-0.3, -0.25) is 4.72 Å². The minimum atomic E-state index is -3.85. The fraction of sp³-hybridized carbons (Fsp3) is 0.429. The maximum absolute atomic E-state index is 12.9. The molecule has 33 heavy (non-hydrogen) atoms. The van der Waals surface area contributed by atoms with Crippen molar-refractivity contribution in [2.45, 2.75) is 0 Å². The highest BCUT2D eigenvalue weighted by Gasteiger charge is 2.26. The van der Waals surface area contributed by atoms with Gasteiger partial charge < -0.3 is 19.1 Å². The Bertz CT molecular complexity index is 1010. The van der Waals surface area contributed by atoms with Gasteiger partial charge in [0.15, 0.2) is 5.03 Å². The number of hydrogen-bond acceptors (Lipinski definition) is 8. The summed E-state index contributed by atoms with van der Waals surface area (Å²) in [7, 11) is -3.85. The van der Waals surface area contributed by atoms with Crippen molar-refractivity contribution >= 4 is 15.7 Å². The van der Waals surface area contributed by atoms with Crippen LogP contribution in [0.2, 0.25) is 0 Å². The highest BCUT2D eigenvalue weighted by atomic mass is 32.2. The number of hydrogen-bond donors (Lipinski definition) is 1. The lowest BCUT2D eigenvalue weighted by atomic mass is 10.2. The van der Waals surface area contributed by atoms with Crippen LogP contribution in [0.1, 0.15) is 5.56 Å². The molecule has 0 saturated heterocycles. The normalized spacial score (nSPS) is 13.5. The molecule has 0 fully saturated rings. The SMILES string of the molecule is [CH2]c1ccc(NS(=O)(=O)C2=CC=C(C#N)CN2CCOCCOCCOCCN=[N+]=[N-])cc1. The van der Waals surface area contributed by atoms with Crippen LogP contribution in [0.4, 0.5) is 5.69 Å². The molecule has 0 unspecified atom stereocenters. The molecule has 1 aromatic rings. The van der Waals surface area contributed by atoms with Gasteiger partial charge in [0.2, 0.25) is 0 Å². The van der Waals surface area contributed by atoms with Crippen molar-refractivity contribution in [3.63, 3.8) is 0 Å². The standard InChI is InChI=1S/C21H27N6O5S/c1-18-2-5-20(6-3-18)25-33(28,29)21-7-4-19(16-22)17-27(21)9-11-31-13-15-32-14-12-30-10-8-24-26-23/h2-7,25H,1,8-15,17H2. The van der Waals surface area contributed by atoms with Gasteiger partial charge in [0.25, 0.3) is 10.0 Å². The van der Waals surface area contributed by atoms with E-state index in [1.54, 1.807) is 29.2 Å². The molecule has 0 aromatic heterocycles. The van der Waals surface area contributed by atoms with E-state index in [2.05, 4.69) is 27.7 Å². The number of rotatable bonds is 15. The van der Waals surface area contributed by atoms with Gasteiger partial charge in [-0.05, 0) is 42.3 Å². The summed E-state index contributed by atoms with van der Waals surface area (Å²) in [6, 6.07) is 8.76. The first kappa shape index (κ1) is 26.2. The third kappa shape index (κ3) is 9.53. The lowest BCUT2D eigenvalue weighted by Gasteiger charge is -2.29. The van der Waals surface area contributed by atoms with Crippen molar-refractivity contribution in [1.29, 1.82) is 5.26 Å². The largest absolute Gasteiger partial charge is 0.379 e. The summed E-state index contributed by atoms with van der Waals surface area (Å²) in [6.07, 6.45) is 2.93. The van der Waals surface area contributed by atoms with Gasteiger partial charge in [0.1, 0.15) is 0 Å². The van der Waals surface area contributed by atoms with Crippen LogP contribution in [0.3, 0.4) is 0 Å². The first-order valence-electron chi connectivity index (χ1n) is 10.2. The quantitative estimate of drug-likeness (QED) is 0.177. The third-order valence-electron chi connectivity index (χ3n) is 4.37. The summed E-state index contributed by atoms with van der Waals surface area (Å²) >= 11 is 0. The summed E-state index contributed by atoms with van der Waals surface area (Å²) in [4.78, 5) is 4.22. The lowest BCUT2D eigenvalue weighted by Crippen LogP contribution is -2.36. The molecule has 0 aliphatic carbocycles. The lowest BCUT2D eigenvalue weighted by molar-refractivity contribution is 0.0137. The maximum atomic E-state index is 12.9. The molecule has 0 bridgehead atoms. The second kappa shape index (κ2) is 14.2. The average molecular weight is 476 g/mol. The van der Waals surface area contributed by atoms with E-state index < -0.39 is 10.0 Å². The number of sulfonamides is 1. The molecular formula is C21H27N6O5S. The molecule has 1 aliphatic rings. The van der Waals surface area contributed by atoms with E-state index in [0.29, 0.717) is 44.3 Å². The zero-order valence-corrected chi connectivity index (χ0v) is 19.0. The molecule has 1 aromatic carbocycles. The fourth-order valence-electron chi connectivity index (χ4n) is 2.78. The third-order valence-corrected chi connectivity index (χ3v) is 5.82. The van der Waals surface area contributed by atoms with Crippen molar-refractivity contribution in [3.05, 3.63) is 69.9 Å². The Hall–Kier alpha value is -3.07. The number of anilines is 1.